The van der Waals surface area contributed by atoms with Crippen LogP contribution in [0.15, 0.2) is 39.5 Å². The second-order valence-electron chi connectivity index (χ2n) is 4.47. The van der Waals surface area contributed by atoms with Crippen molar-refractivity contribution in [3.05, 3.63) is 50.6 Å². The molecule has 2 rings (SSSR count). The molecule has 0 spiro atoms. The van der Waals surface area contributed by atoms with E-state index in [0.717, 1.165) is 9.35 Å². The van der Waals surface area contributed by atoms with Gasteiger partial charge in [-0.25, -0.2) is 12.7 Å². The van der Waals surface area contributed by atoms with Crippen LogP contribution in [0.2, 0.25) is 0 Å². The molecular formula is C13H15BrN2O2S2. The second-order valence-corrected chi connectivity index (χ2v) is 8.84. The molecule has 1 aromatic carbocycles. The Balaban J connectivity index is 2.12. The molecule has 0 aliphatic carbocycles. The highest BCUT2D eigenvalue weighted by Gasteiger charge is 2.20. The van der Waals surface area contributed by atoms with Crippen LogP contribution in [0.3, 0.4) is 0 Å². The van der Waals surface area contributed by atoms with Crippen molar-refractivity contribution in [1.29, 1.82) is 0 Å². The van der Waals surface area contributed by atoms with Gasteiger partial charge in [-0.3, -0.25) is 0 Å². The number of halogens is 1. The molecule has 4 nitrogen and oxygen atoms in total. The molecule has 0 saturated carbocycles. The van der Waals surface area contributed by atoms with Crippen LogP contribution in [0.25, 0.3) is 0 Å². The van der Waals surface area contributed by atoms with Crippen molar-refractivity contribution in [1.82, 2.24) is 4.31 Å². The van der Waals surface area contributed by atoms with Gasteiger partial charge in [-0.05, 0) is 44.6 Å². The van der Waals surface area contributed by atoms with Crippen LogP contribution in [0.1, 0.15) is 11.1 Å². The third-order valence-electron chi connectivity index (χ3n) is 2.89. The lowest BCUT2D eigenvalue weighted by atomic mass is 10.2. The lowest BCUT2D eigenvalue weighted by Gasteiger charge is -2.17. The molecule has 2 N–H and O–H groups in total. The zero-order valence-electron chi connectivity index (χ0n) is 10.9. The molecule has 0 aliphatic rings. The van der Waals surface area contributed by atoms with Gasteiger partial charge in [-0.1, -0.05) is 18.2 Å². The summed E-state index contributed by atoms with van der Waals surface area (Å²) in [4.78, 5) is 0. The topological polar surface area (TPSA) is 63.4 Å². The molecule has 0 saturated heterocycles. The first-order chi connectivity index (χ1) is 9.38. The number of rotatable bonds is 5. The number of sulfonamides is 1. The number of para-hydroxylation sites is 1. The normalized spacial score (nSPS) is 11.9. The Bertz CT molecular complexity index is 698. The van der Waals surface area contributed by atoms with E-state index in [1.165, 1.54) is 15.6 Å². The minimum absolute atomic E-state index is 0.0819. The molecular weight excluding hydrogens is 360 g/mol. The highest BCUT2D eigenvalue weighted by molar-refractivity contribution is 9.11. The largest absolute Gasteiger partial charge is 0.398 e. The molecule has 0 atom stereocenters. The summed E-state index contributed by atoms with van der Waals surface area (Å²) < 4.78 is 27.0. The van der Waals surface area contributed by atoms with Crippen LogP contribution in [0.5, 0.6) is 0 Å². The highest BCUT2D eigenvalue weighted by Crippen LogP contribution is 2.23. The smallest absolute Gasteiger partial charge is 0.218 e. The van der Waals surface area contributed by atoms with E-state index in [1.807, 2.05) is 11.4 Å². The van der Waals surface area contributed by atoms with Crippen LogP contribution in [-0.4, -0.2) is 19.8 Å². The Labute approximate surface area is 131 Å². The first-order valence-corrected chi connectivity index (χ1v) is 9.17. The van der Waals surface area contributed by atoms with Gasteiger partial charge in [0, 0.05) is 19.3 Å². The summed E-state index contributed by atoms with van der Waals surface area (Å²) in [6.45, 7) is 0.358. The fourth-order valence-electron chi connectivity index (χ4n) is 1.76. The van der Waals surface area contributed by atoms with Crippen LogP contribution in [0.4, 0.5) is 5.69 Å². The van der Waals surface area contributed by atoms with E-state index in [9.17, 15) is 8.42 Å². The molecule has 0 amide bonds. The van der Waals surface area contributed by atoms with Crippen LogP contribution >= 0.6 is 27.3 Å². The molecule has 7 heteroatoms. The molecule has 1 aromatic heterocycles. The number of thiophene rings is 1. The standard InChI is InChI=1S/C13H15BrN2O2S2/c1-16(7-10-6-13(14)19-8-10)20(17,18)9-11-4-2-3-5-12(11)15/h2-6,8H,7,9,15H2,1H3. The molecule has 0 bridgehead atoms. The average Bonchev–Trinajstić information content (AvgIpc) is 2.77. The minimum Gasteiger partial charge on any atom is -0.398 e. The molecule has 2 aromatic rings. The number of anilines is 1. The van der Waals surface area contributed by atoms with Crippen LogP contribution in [0, 0.1) is 0 Å². The van der Waals surface area contributed by atoms with Crippen LogP contribution in [-0.2, 0) is 22.3 Å². The van der Waals surface area contributed by atoms with E-state index in [4.69, 9.17) is 5.73 Å². The Morgan fingerprint density at radius 2 is 2.05 bits per heavy atom. The van der Waals surface area contributed by atoms with E-state index in [1.54, 1.807) is 31.3 Å². The summed E-state index contributed by atoms with van der Waals surface area (Å²) in [5.41, 5.74) is 7.90. The Kier molecular flexibility index (Phi) is 4.85. The summed E-state index contributed by atoms with van der Waals surface area (Å²) in [7, 11) is -1.80. The molecule has 20 heavy (non-hydrogen) atoms. The van der Waals surface area contributed by atoms with Crippen molar-refractivity contribution in [2.45, 2.75) is 12.3 Å². The summed E-state index contributed by atoms with van der Waals surface area (Å²) in [5, 5.41) is 1.94. The maximum Gasteiger partial charge on any atom is 0.218 e. The molecule has 1 heterocycles. The number of nitrogen functional groups attached to an aromatic ring is 1. The van der Waals surface area contributed by atoms with E-state index < -0.39 is 10.0 Å². The van der Waals surface area contributed by atoms with Crippen molar-refractivity contribution >= 4 is 43.0 Å². The molecule has 0 aliphatic heterocycles. The predicted octanol–water partition coefficient (Wildman–Crippen LogP) is 3.05. The summed E-state index contributed by atoms with van der Waals surface area (Å²) >= 11 is 4.91. The summed E-state index contributed by atoms with van der Waals surface area (Å²) in [6, 6.07) is 8.95. The van der Waals surface area contributed by atoms with Crippen molar-refractivity contribution in [2.24, 2.45) is 0 Å². The molecule has 0 unspecified atom stereocenters. The fourth-order valence-corrected chi connectivity index (χ4v) is 4.18. The number of nitrogens with zero attached hydrogens (tertiary/aromatic N) is 1. The van der Waals surface area contributed by atoms with Crippen molar-refractivity contribution < 1.29 is 8.42 Å². The first kappa shape index (κ1) is 15.5. The Morgan fingerprint density at radius 3 is 2.65 bits per heavy atom. The SMILES string of the molecule is CN(Cc1csc(Br)c1)S(=O)(=O)Cc1ccccc1N. The monoisotopic (exact) mass is 374 g/mol. The third kappa shape index (κ3) is 3.82. The van der Waals surface area contributed by atoms with Crippen LogP contribution < -0.4 is 5.73 Å². The maximum absolute atomic E-state index is 12.3. The second kappa shape index (κ2) is 6.26. The van der Waals surface area contributed by atoms with Gasteiger partial charge in [0.2, 0.25) is 10.0 Å². The molecule has 0 radical (unpaired) electrons. The minimum atomic E-state index is -3.38. The lowest BCUT2D eigenvalue weighted by Crippen LogP contribution is -2.27. The van der Waals surface area contributed by atoms with E-state index in [-0.39, 0.29) is 5.75 Å². The zero-order valence-corrected chi connectivity index (χ0v) is 14.1. The molecule has 0 fully saturated rings. The number of hydrogen-bond donors (Lipinski definition) is 1. The van der Waals surface area contributed by atoms with E-state index in [2.05, 4.69) is 15.9 Å². The third-order valence-corrected chi connectivity index (χ3v) is 6.20. The van der Waals surface area contributed by atoms with Gasteiger partial charge in [0.15, 0.2) is 0 Å². The van der Waals surface area contributed by atoms with Crippen molar-refractivity contribution in [3.8, 4) is 0 Å². The predicted molar refractivity (Wildman–Crippen MR) is 87.0 cm³/mol. The van der Waals surface area contributed by atoms with Gasteiger partial charge < -0.3 is 5.73 Å². The fraction of sp³-hybridized carbons (Fsp3) is 0.231. The van der Waals surface area contributed by atoms with E-state index >= 15 is 0 Å². The highest BCUT2D eigenvalue weighted by atomic mass is 79.9. The van der Waals surface area contributed by atoms with Gasteiger partial charge in [0.05, 0.1) is 9.54 Å². The zero-order chi connectivity index (χ0) is 14.8. The van der Waals surface area contributed by atoms with Crippen molar-refractivity contribution in [2.75, 3.05) is 12.8 Å². The maximum atomic E-state index is 12.3. The van der Waals surface area contributed by atoms with Gasteiger partial charge in [0.1, 0.15) is 0 Å². The average molecular weight is 375 g/mol. The number of hydrogen-bond acceptors (Lipinski definition) is 4. The van der Waals surface area contributed by atoms with E-state index in [0.29, 0.717) is 17.8 Å². The quantitative estimate of drug-likeness (QED) is 0.817. The Morgan fingerprint density at radius 1 is 1.35 bits per heavy atom. The number of benzene rings is 1. The van der Waals surface area contributed by atoms with Gasteiger partial charge in [0.25, 0.3) is 0 Å². The van der Waals surface area contributed by atoms with Gasteiger partial charge in [-0.2, -0.15) is 0 Å². The summed E-state index contributed by atoms with van der Waals surface area (Å²) in [5.74, 6) is -0.0819. The number of nitrogens with two attached hydrogens (primary N) is 1. The lowest BCUT2D eigenvalue weighted by molar-refractivity contribution is 0.466. The first-order valence-electron chi connectivity index (χ1n) is 5.89. The van der Waals surface area contributed by atoms with Crippen molar-refractivity contribution in [3.63, 3.8) is 0 Å². The molecule has 108 valence electrons. The van der Waals surface area contributed by atoms with Gasteiger partial charge >= 0.3 is 0 Å². The Hall–Kier alpha value is -0.890. The van der Waals surface area contributed by atoms with Gasteiger partial charge in [-0.15, -0.1) is 11.3 Å². The summed E-state index contributed by atoms with van der Waals surface area (Å²) in [6.07, 6.45) is 0.